The van der Waals surface area contributed by atoms with E-state index in [0.29, 0.717) is 0 Å². The minimum atomic E-state index is 1.14. The SMILES string of the molecule is c1ccc(-c2cccc(-c3cccc(-n4c5ccccc5c5ccc(-c6ccc7c8ccccc8n(-c8cccc(-c9ccccc9)c8)c7c6)cc54)c3)c2)cc1. The van der Waals surface area contributed by atoms with Gasteiger partial charge < -0.3 is 9.13 Å². The maximum atomic E-state index is 2.43. The van der Waals surface area contributed by atoms with Crippen molar-refractivity contribution in [2.75, 3.05) is 0 Å². The molecule has 0 saturated carbocycles. The first-order valence-corrected chi connectivity index (χ1v) is 19.3. The molecule has 2 heteroatoms. The van der Waals surface area contributed by atoms with Crippen LogP contribution in [0.15, 0.2) is 218 Å². The highest BCUT2D eigenvalue weighted by atomic mass is 15.0. The lowest BCUT2D eigenvalue weighted by Crippen LogP contribution is -1.95. The van der Waals surface area contributed by atoms with Crippen molar-refractivity contribution >= 4 is 43.6 Å². The molecule has 262 valence electrons. The van der Waals surface area contributed by atoms with Crippen LogP contribution < -0.4 is 0 Å². The zero-order valence-corrected chi connectivity index (χ0v) is 30.7. The Labute approximate surface area is 325 Å². The average molecular weight is 713 g/mol. The molecule has 9 aromatic carbocycles. The van der Waals surface area contributed by atoms with Crippen LogP contribution in [0, 0.1) is 0 Å². The fraction of sp³-hybridized carbons (Fsp3) is 0. The Hall–Kier alpha value is -7.42. The molecule has 0 amide bonds. The fourth-order valence-corrected chi connectivity index (χ4v) is 8.65. The number of fused-ring (bicyclic) bond motifs is 6. The Kier molecular flexibility index (Phi) is 7.53. The summed E-state index contributed by atoms with van der Waals surface area (Å²) in [5, 5.41) is 5.00. The largest absolute Gasteiger partial charge is 0.309 e. The molecule has 0 aliphatic rings. The molecule has 0 bridgehead atoms. The molecule has 0 unspecified atom stereocenters. The monoisotopic (exact) mass is 712 g/mol. The quantitative estimate of drug-likeness (QED) is 0.162. The second-order valence-electron chi connectivity index (χ2n) is 14.6. The van der Waals surface area contributed by atoms with Crippen LogP contribution in [-0.4, -0.2) is 9.13 Å². The predicted molar refractivity (Wildman–Crippen MR) is 237 cm³/mol. The van der Waals surface area contributed by atoms with E-state index in [9.17, 15) is 0 Å². The van der Waals surface area contributed by atoms with Gasteiger partial charge in [0, 0.05) is 32.9 Å². The van der Waals surface area contributed by atoms with Crippen LogP contribution in [0.1, 0.15) is 0 Å². The van der Waals surface area contributed by atoms with Gasteiger partial charge in [-0.05, 0) is 99.1 Å². The molecular weight excluding hydrogens is 677 g/mol. The number of hydrogen-bond donors (Lipinski definition) is 0. The maximum Gasteiger partial charge on any atom is 0.0547 e. The van der Waals surface area contributed by atoms with Crippen LogP contribution in [0.4, 0.5) is 0 Å². The van der Waals surface area contributed by atoms with E-state index in [1.54, 1.807) is 0 Å². The molecule has 11 rings (SSSR count). The van der Waals surface area contributed by atoms with Crippen molar-refractivity contribution in [2.45, 2.75) is 0 Å². The smallest absolute Gasteiger partial charge is 0.0547 e. The van der Waals surface area contributed by atoms with E-state index in [-0.39, 0.29) is 0 Å². The third-order valence-electron chi connectivity index (χ3n) is 11.3. The number of para-hydroxylation sites is 2. The standard InChI is InChI=1S/C54H36N2/c1-3-14-37(15-4-1)39-18-11-19-40(32-39)42-21-13-23-46(34-42)56-52-27-10-8-25-48(52)50-31-29-44(36-54(50)56)43-28-30-49-47-24-7-9-26-51(47)55(53(49)35-43)45-22-12-20-41(33-45)38-16-5-2-6-17-38/h1-36H. The minimum Gasteiger partial charge on any atom is -0.309 e. The van der Waals surface area contributed by atoms with Crippen molar-refractivity contribution in [3.8, 4) is 55.9 Å². The molecule has 2 nitrogen and oxygen atoms in total. The summed E-state index contributed by atoms with van der Waals surface area (Å²) < 4.78 is 4.86. The lowest BCUT2D eigenvalue weighted by molar-refractivity contribution is 1.18. The van der Waals surface area contributed by atoms with Crippen LogP contribution in [0.3, 0.4) is 0 Å². The Morgan fingerprint density at radius 3 is 1.04 bits per heavy atom. The van der Waals surface area contributed by atoms with Crippen molar-refractivity contribution < 1.29 is 0 Å². The van der Waals surface area contributed by atoms with Crippen LogP contribution in [0.25, 0.3) is 99.5 Å². The summed E-state index contributed by atoms with van der Waals surface area (Å²) in [4.78, 5) is 0. The van der Waals surface area contributed by atoms with E-state index in [2.05, 4.69) is 228 Å². The Bertz CT molecular complexity index is 3240. The Morgan fingerprint density at radius 2 is 0.536 bits per heavy atom. The van der Waals surface area contributed by atoms with Gasteiger partial charge in [-0.25, -0.2) is 0 Å². The summed E-state index contributed by atoms with van der Waals surface area (Å²) in [7, 11) is 0. The Morgan fingerprint density at radius 1 is 0.196 bits per heavy atom. The lowest BCUT2D eigenvalue weighted by atomic mass is 9.99. The van der Waals surface area contributed by atoms with Gasteiger partial charge >= 0.3 is 0 Å². The summed E-state index contributed by atoms with van der Waals surface area (Å²) in [6.45, 7) is 0. The molecule has 0 fully saturated rings. The predicted octanol–water partition coefficient (Wildman–Crippen LogP) is 14.5. The van der Waals surface area contributed by atoms with Crippen LogP contribution in [0.5, 0.6) is 0 Å². The van der Waals surface area contributed by atoms with Gasteiger partial charge in [0.2, 0.25) is 0 Å². The molecule has 0 radical (unpaired) electrons. The fourth-order valence-electron chi connectivity index (χ4n) is 8.65. The van der Waals surface area contributed by atoms with Crippen LogP contribution in [0.2, 0.25) is 0 Å². The Balaban J connectivity index is 1.07. The van der Waals surface area contributed by atoms with Crippen LogP contribution in [-0.2, 0) is 0 Å². The lowest BCUT2D eigenvalue weighted by Gasteiger charge is -2.13. The first-order chi connectivity index (χ1) is 27.8. The highest BCUT2D eigenvalue weighted by Gasteiger charge is 2.17. The third kappa shape index (κ3) is 5.34. The highest BCUT2D eigenvalue weighted by Crippen LogP contribution is 2.39. The van der Waals surface area contributed by atoms with Crippen molar-refractivity contribution in [1.29, 1.82) is 0 Å². The van der Waals surface area contributed by atoms with Crippen molar-refractivity contribution in [3.63, 3.8) is 0 Å². The zero-order valence-electron chi connectivity index (χ0n) is 30.7. The number of benzene rings is 9. The summed E-state index contributed by atoms with van der Waals surface area (Å²) in [6, 6.07) is 79.4. The number of rotatable bonds is 6. The van der Waals surface area contributed by atoms with Gasteiger partial charge in [-0.3, -0.25) is 0 Å². The number of hydrogen-bond acceptors (Lipinski definition) is 0. The molecule has 2 heterocycles. The number of aromatic nitrogens is 2. The van der Waals surface area contributed by atoms with E-state index in [1.165, 1.54) is 88.1 Å². The third-order valence-corrected chi connectivity index (χ3v) is 11.3. The second-order valence-corrected chi connectivity index (χ2v) is 14.6. The molecule has 56 heavy (non-hydrogen) atoms. The molecule has 0 aliphatic carbocycles. The molecule has 0 spiro atoms. The van der Waals surface area contributed by atoms with Gasteiger partial charge in [0.05, 0.1) is 22.1 Å². The van der Waals surface area contributed by atoms with Crippen molar-refractivity contribution in [1.82, 2.24) is 9.13 Å². The topological polar surface area (TPSA) is 9.86 Å². The van der Waals surface area contributed by atoms with E-state index in [0.717, 1.165) is 11.4 Å². The molecule has 0 saturated heterocycles. The van der Waals surface area contributed by atoms with Gasteiger partial charge in [0.1, 0.15) is 0 Å². The van der Waals surface area contributed by atoms with Crippen molar-refractivity contribution in [2.24, 2.45) is 0 Å². The normalized spacial score (nSPS) is 11.6. The first kappa shape index (κ1) is 32.0. The first-order valence-electron chi connectivity index (χ1n) is 19.3. The molecule has 0 atom stereocenters. The molecule has 0 aliphatic heterocycles. The van der Waals surface area contributed by atoms with Gasteiger partial charge in [0.15, 0.2) is 0 Å². The van der Waals surface area contributed by atoms with Gasteiger partial charge in [0.25, 0.3) is 0 Å². The maximum absolute atomic E-state index is 2.43. The van der Waals surface area contributed by atoms with Crippen LogP contribution >= 0.6 is 0 Å². The molecule has 2 aromatic heterocycles. The van der Waals surface area contributed by atoms with E-state index in [4.69, 9.17) is 0 Å². The van der Waals surface area contributed by atoms with Gasteiger partial charge in [-0.15, -0.1) is 0 Å². The summed E-state index contributed by atoms with van der Waals surface area (Å²) >= 11 is 0. The van der Waals surface area contributed by atoms with Gasteiger partial charge in [-0.2, -0.15) is 0 Å². The van der Waals surface area contributed by atoms with Gasteiger partial charge in [-0.1, -0.05) is 164 Å². The number of nitrogens with zero attached hydrogens (tertiary/aromatic N) is 2. The van der Waals surface area contributed by atoms with E-state index >= 15 is 0 Å². The second kappa shape index (κ2) is 13.2. The van der Waals surface area contributed by atoms with Crippen molar-refractivity contribution in [3.05, 3.63) is 218 Å². The average Bonchev–Trinajstić information content (AvgIpc) is 3.79. The summed E-state index contributed by atoms with van der Waals surface area (Å²) in [6.07, 6.45) is 0. The highest BCUT2D eigenvalue weighted by molar-refractivity contribution is 6.12. The van der Waals surface area contributed by atoms with E-state index in [1.807, 2.05) is 0 Å². The summed E-state index contributed by atoms with van der Waals surface area (Å²) in [5.41, 5.74) is 16.7. The molecule has 0 N–H and O–H groups in total. The molecular formula is C54H36N2. The minimum absolute atomic E-state index is 1.14. The van der Waals surface area contributed by atoms with E-state index < -0.39 is 0 Å². The summed E-state index contributed by atoms with van der Waals surface area (Å²) in [5.74, 6) is 0. The zero-order chi connectivity index (χ0) is 37.0. The molecule has 11 aromatic rings.